The van der Waals surface area contributed by atoms with Crippen LogP contribution in [0.4, 0.5) is 0 Å². The molecule has 0 radical (unpaired) electrons. The Morgan fingerprint density at radius 3 is 2.87 bits per heavy atom. The number of benzene rings is 1. The molecule has 1 fully saturated rings. The lowest BCUT2D eigenvalue weighted by Gasteiger charge is -2.21. The summed E-state index contributed by atoms with van der Waals surface area (Å²) in [6, 6.07) is 8.75. The van der Waals surface area contributed by atoms with E-state index in [4.69, 9.17) is 4.42 Å². The van der Waals surface area contributed by atoms with Crippen LogP contribution in [0.3, 0.4) is 0 Å². The van der Waals surface area contributed by atoms with Gasteiger partial charge in [-0.1, -0.05) is 18.2 Å². The van der Waals surface area contributed by atoms with E-state index in [1.165, 1.54) is 30.3 Å². The number of hydrogen-bond acceptors (Lipinski definition) is 3. The zero-order valence-electron chi connectivity index (χ0n) is 14.2. The molecule has 5 heteroatoms. The fraction of sp³-hybridized carbons (Fsp3) is 0.500. The molecule has 23 heavy (non-hydrogen) atoms. The quantitative estimate of drug-likeness (QED) is 0.672. The van der Waals surface area contributed by atoms with Crippen molar-refractivity contribution in [2.75, 3.05) is 27.2 Å². The number of likely N-dealkylation sites (tertiary alicyclic amines) is 1. The highest BCUT2D eigenvalue weighted by Crippen LogP contribution is 2.24. The maximum Gasteiger partial charge on any atom is 0.191 e. The van der Waals surface area contributed by atoms with Crippen LogP contribution in [-0.2, 0) is 6.54 Å². The molecule has 5 nitrogen and oxygen atoms in total. The van der Waals surface area contributed by atoms with Gasteiger partial charge in [0.05, 0.1) is 6.54 Å². The van der Waals surface area contributed by atoms with Gasteiger partial charge in [-0.05, 0) is 39.4 Å². The first-order valence-electron chi connectivity index (χ1n) is 8.31. The van der Waals surface area contributed by atoms with Gasteiger partial charge in [0.2, 0.25) is 0 Å². The summed E-state index contributed by atoms with van der Waals surface area (Å²) in [4.78, 5) is 6.71. The van der Waals surface area contributed by atoms with E-state index in [0.717, 1.165) is 23.8 Å². The average molecular weight is 314 g/mol. The lowest BCUT2D eigenvalue weighted by molar-refractivity contribution is 0.309. The summed E-state index contributed by atoms with van der Waals surface area (Å²) in [7, 11) is 3.99. The molecular formula is C18H26N4O. The third-order valence-electron chi connectivity index (χ3n) is 4.76. The van der Waals surface area contributed by atoms with E-state index in [0.29, 0.717) is 12.6 Å². The Balaban J connectivity index is 1.58. The van der Waals surface area contributed by atoms with Crippen LogP contribution in [0, 0.1) is 6.92 Å². The van der Waals surface area contributed by atoms with E-state index in [9.17, 15) is 0 Å². The number of hydrogen-bond donors (Lipinski definition) is 2. The van der Waals surface area contributed by atoms with Crippen molar-refractivity contribution in [3.63, 3.8) is 0 Å². The molecule has 1 unspecified atom stereocenters. The molecule has 2 aromatic rings. The first kappa shape index (κ1) is 15.9. The fourth-order valence-electron chi connectivity index (χ4n) is 3.23. The maximum atomic E-state index is 5.94. The summed E-state index contributed by atoms with van der Waals surface area (Å²) < 4.78 is 5.94. The predicted molar refractivity (Wildman–Crippen MR) is 94.8 cm³/mol. The van der Waals surface area contributed by atoms with E-state index >= 15 is 0 Å². The van der Waals surface area contributed by atoms with Crippen LogP contribution in [0.25, 0.3) is 11.0 Å². The largest absolute Gasteiger partial charge is 0.459 e. The molecule has 0 amide bonds. The number of guanidine groups is 1. The Hall–Kier alpha value is -2.01. The van der Waals surface area contributed by atoms with Crippen LogP contribution in [-0.4, -0.2) is 44.1 Å². The van der Waals surface area contributed by atoms with E-state index in [1.807, 2.05) is 18.2 Å². The SMILES string of the molecule is CN=C(NCc1oc2ccccc2c1C)NCC1CCCN1C. The van der Waals surface area contributed by atoms with E-state index in [2.05, 4.69) is 40.6 Å². The van der Waals surface area contributed by atoms with Crippen LogP contribution >= 0.6 is 0 Å². The van der Waals surface area contributed by atoms with Gasteiger partial charge in [-0.15, -0.1) is 0 Å². The van der Waals surface area contributed by atoms with Crippen LogP contribution in [0.1, 0.15) is 24.2 Å². The number of aliphatic imine (C=N–C) groups is 1. The predicted octanol–water partition coefficient (Wildman–Crippen LogP) is 2.50. The van der Waals surface area contributed by atoms with Crippen LogP contribution in [0.15, 0.2) is 33.7 Å². The van der Waals surface area contributed by atoms with E-state index in [-0.39, 0.29) is 0 Å². The molecule has 1 atom stereocenters. The molecule has 1 aromatic heterocycles. The van der Waals surface area contributed by atoms with Gasteiger partial charge in [0.25, 0.3) is 0 Å². The van der Waals surface area contributed by atoms with Gasteiger partial charge in [0.1, 0.15) is 11.3 Å². The molecular weight excluding hydrogens is 288 g/mol. The second-order valence-corrected chi connectivity index (χ2v) is 6.23. The molecule has 2 heterocycles. The number of furan rings is 1. The Morgan fingerprint density at radius 2 is 2.17 bits per heavy atom. The second-order valence-electron chi connectivity index (χ2n) is 6.23. The summed E-state index contributed by atoms with van der Waals surface area (Å²) in [6.07, 6.45) is 2.54. The van der Waals surface area contributed by atoms with Crippen molar-refractivity contribution in [1.82, 2.24) is 15.5 Å². The number of para-hydroxylation sites is 1. The van der Waals surface area contributed by atoms with Gasteiger partial charge in [-0.25, -0.2) is 0 Å². The lowest BCUT2D eigenvalue weighted by atomic mass is 10.1. The van der Waals surface area contributed by atoms with Crippen molar-refractivity contribution in [3.05, 3.63) is 35.6 Å². The van der Waals surface area contributed by atoms with Crippen molar-refractivity contribution in [2.45, 2.75) is 32.4 Å². The Morgan fingerprint density at radius 1 is 1.35 bits per heavy atom. The molecule has 124 valence electrons. The van der Waals surface area contributed by atoms with E-state index in [1.54, 1.807) is 7.05 Å². The third kappa shape index (κ3) is 3.50. The van der Waals surface area contributed by atoms with Gasteiger partial charge in [0, 0.05) is 30.6 Å². The Labute approximate surface area is 137 Å². The smallest absolute Gasteiger partial charge is 0.191 e. The zero-order chi connectivity index (χ0) is 16.2. The monoisotopic (exact) mass is 314 g/mol. The topological polar surface area (TPSA) is 52.8 Å². The van der Waals surface area contributed by atoms with E-state index < -0.39 is 0 Å². The number of fused-ring (bicyclic) bond motifs is 1. The van der Waals surface area contributed by atoms with Crippen molar-refractivity contribution < 1.29 is 4.42 Å². The number of rotatable bonds is 4. The lowest BCUT2D eigenvalue weighted by Crippen LogP contribution is -2.43. The molecule has 0 spiro atoms. The first-order chi connectivity index (χ1) is 11.2. The summed E-state index contributed by atoms with van der Waals surface area (Å²) in [6.45, 7) is 4.86. The van der Waals surface area contributed by atoms with Crippen LogP contribution in [0.5, 0.6) is 0 Å². The molecule has 1 saturated heterocycles. The first-order valence-corrected chi connectivity index (χ1v) is 8.31. The van der Waals surface area contributed by atoms with Gasteiger partial charge in [-0.2, -0.15) is 0 Å². The number of nitrogens with zero attached hydrogens (tertiary/aromatic N) is 2. The molecule has 1 aromatic carbocycles. The molecule has 3 rings (SSSR count). The minimum atomic E-state index is 0.599. The fourth-order valence-corrected chi connectivity index (χ4v) is 3.23. The standard InChI is InChI=1S/C18H26N4O/c1-13-15-8-4-5-9-16(15)23-17(13)12-21-18(19-2)20-11-14-7-6-10-22(14)3/h4-5,8-9,14H,6-7,10-12H2,1-3H3,(H2,19,20,21). The molecule has 0 aliphatic carbocycles. The van der Waals surface area contributed by atoms with Gasteiger partial charge >= 0.3 is 0 Å². The number of likely N-dealkylation sites (N-methyl/N-ethyl adjacent to an activating group) is 1. The summed E-state index contributed by atoms with van der Waals surface area (Å²) >= 11 is 0. The second kappa shape index (κ2) is 7.04. The van der Waals surface area contributed by atoms with Crippen LogP contribution < -0.4 is 10.6 Å². The maximum absolute atomic E-state index is 5.94. The number of aryl methyl sites for hydroxylation is 1. The van der Waals surface area contributed by atoms with Crippen LogP contribution in [0.2, 0.25) is 0 Å². The van der Waals surface area contributed by atoms with Gasteiger partial charge in [0.15, 0.2) is 5.96 Å². The molecule has 1 aliphatic heterocycles. The van der Waals surface area contributed by atoms with Gasteiger partial charge < -0.3 is 20.0 Å². The molecule has 0 bridgehead atoms. The summed E-state index contributed by atoms with van der Waals surface area (Å²) in [5.74, 6) is 1.79. The summed E-state index contributed by atoms with van der Waals surface area (Å²) in [5.41, 5.74) is 2.14. The van der Waals surface area contributed by atoms with Crippen molar-refractivity contribution in [2.24, 2.45) is 4.99 Å². The van der Waals surface area contributed by atoms with Crippen molar-refractivity contribution in [1.29, 1.82) is 0 Å². The molecule has 0 saturated carbocycles. The molecule has 1 aliphatic rings. The van der Waals surface area contributed by atoms with Crippen molar-refractivity contribution >= 4 is 16.9 Å². The summed E-state index contributed by atoms with van der Waals surface area (Å²) in [5, 5.41) is 7.95. The van der Waals surface area contributed by atoms with Crippen molar-refractivity contribution in [3.8, 4) is 0 Å². The average Bonchev–Trinajstić information content (AvgIpc) is 3.12. The highest BCUT2D eigenvalue weighted by Gasteiger charge is 2.20. The Bertz CT molecular complexity index is 691. The third-order valence-corrected chi connectivity index (χ3v) is 4.76. The Kier molecular flexibility index (Phi) is 4.86. The molecule has 2 N–H and O–H groups in total. The highest BCUT2D eigenvalue weighted by atomic mass is 16.3. The highest BCUT2D eigenvalue weighted by molar-refractivity contribution is 5.82. The van der Waals surface area contributed by atoms with Gasteiger partial charge in [-0.3, -0.25) is 4.99 Å². The normalized spacial score (nSPS) is 19.4. The minimum absolute atomic E-state index is 0.599. The zero-order valence-corrected chi connectivity index (χ0v) is 14.2. The minimum Gasteiger partial charge on any atom is -0.459 e. The number of nitrogens with one attached hydrogen (secondary N) is 2.